The number of aromatic nitrogens is 2. The Morgan fingerprint density at radius 2 is 1.74 bits per heavy atom. The Kier molecular flexibility index (Phi) is 6.83. The second kappa shape index (κ2) is 9.96. The van der Waals surface area contributed by atoms with Gasteiger partial charge in [0.05, 0.1) is 11.9 Å². The van der Waals surface area contributed by atoms with Crippen LogP contribution in [0.25, 0.3) is 21.3 Å². The molecule has 0 aliphatic carbocycles. The van der Waals surface area contributed by atoms with Crippen LogP contribution >= 0.6 is 11.3 Å². The maximum Gasteiger partial charge on any atom is 0.258 e. The predicted octanol–water partition coefficient (Wildman–Crippen LogP) is 4.56. The molecule has 174 valence electrons. The van der Waals surface area contributed by atoms with Crippen molar-refractivity contribution < 1.29 is 18.7 Å². The zero-order chi connectivity index (χ0) is 24.2. The lowest BCUT2D eigenvalue weighted by Gasteiger charge is -2.13. The highest BCUT2D eigenvalue weighted by Gasteiger charge is 2.16. The normalized spacial score (nSPS) is 10.8. The number of rotatable bonds is 7. The molecule has 0 saturated heterocycles. The van der Waals surface area contributed by atoms with Crippen LogP contribution in [-0.2, 0) is 9.59 Å². The molecular weight excluding hydrogens is 455 g/mol. The lowest BCUT2D eigenvalue weighted by atomic mass is 10.1. The summed E-state index contributed by atoms with van der Waals surface area (Å²) in [7, 11) is 0. The molecule has 2 heterocycles. The second-order valence-corrected chi connectivity index (χ2v) is 8.76. The molecule has 0 aliphatic heterocycles. The highest BCUT2D eigenvalue weighted by molar-refractivity contribution is 7.17. The molecule has 2 aromatic carbocycles. The fourth-order valence-corrected chi connectivity index (χ4v) is 4.63. The van der Waals surface area contributed by atoms with Crippen molar-refractivity contribution in [2.45, 2.75) is 20.8 Å². The SMILES string of the molecule is Cc1cc(C)c(NC(=O)CNC(=O)COc2ncnc3scc(-c4ccc(F)cc4)c23)c(C)c1. The van der Waals surface area contributed by atoms with Crippen LogP contribution in [0.2, 0.25) is 0 Å². The van der Waals surface area contributed by atoms with E-state index < -0.39 is 5.91 Å². The summed E-state index contributed by atoms with van der Waals surface area (Å²) in [5.41, 5.74) is 5.36. The van der Waals surface area contributed by atoms with E-state index in [-0.39, 0.29) is 30.8 Å². The molecule has 2 N–H and O–H groups in total. The summed E-state index contributed by atoms with van der Waals surface area (Å²) in [6.07, 6.45) is 1.36. The number of thiophene rings is 1. The molecule has 0 saturated carbocycles. The smallest absolute Gasteiger partial charge is 0.258 e. The molecule has 0 fully saturated rings. The number of amides is 2. The van der Waals surface area contributed by atoms with Crippen molar-refractivity contribution in [2.75, 3.05) is 18.5 Å². The standard InChI is InChI=1S/C25H23FN4O3S/c1-14-8-15(2)23(16(3)9-14)30-20(31)10-27-21(32)11-33-24-22-19(12-34-25(22)29-13-28-24)17-4-6-18(26)7-5-17/h4-9,12-13H,10-11H2,1-3H3,(H,27,32)(H,30,31). The molecule has 9 heteroatoms. The van der Waals surface area contributed by atoms with Crippen molar-refractivity contribution in [3.63, 3.8) is 0 Å². The Labute approximate surface area is 200 Å². The van der Waals surface area contributed by atoms with E-state index in [9.17, 15) is 14.0 Å². The minimum absolute atomic E-state index is 0.187. The first-order valence-corrected chi connectivity index (χ1v) is 11.4. The number of hydrogen-bond acceptors (Lipinski definition) is 6. The molecule has 0 atom stereocenters. The van der Waals surface area contributed by atoms with Gasteiger partial charge < -0.3 is 15.4 Å². The molecule has 0 radical (unpaired) electrons. The summed E-state index contributed by atoms with van der Waals surface area (Å²) in [6, 6.07) is 10.1. The minimum Gasteiger partial charge on any atom is -0.467 e. The number of carbonyl (C=O) groups excluding carboxylic acids is 2. The van der Waals surface area contributed by atoms with Crippen LogP contribution in [0.5, 0.6) is 5.88 Å². The van der Waals surface area contributed by atoms with Crippen molar-refractivity contribution in [1.82, 2.24) is 15.3 Å². The largest absolute Gasteiger partial charge is 0.467 e. The number of nitrogens with one attached hydrogen (secondary N) is 2. The maximum absolute atomic E-state index is 13.3. The highest BCUT2D eigenvalue weighted by atomic mass is 32.1. The van der Waals surface area contributed by atoms with Gasteiger partial charge in [0.15, 0.2) is 6.61 Å². The van der Waals surface area contributed by atoms with Crippen molar-refractivity contribution in [2.24, 2.45) is 0 Å². The van der Waals surface area contributed by atoms with Gasteiger partial charge in [0.1, 0.15) is 17.0 Å². The number of fused-ring (bicyclic) bond motifs is 1. The fourth-order valence-electron chi connectivity index (χ4n) is 3.72. The van der Waals surface area contributed by atoms with Gasteiger partial charge in [0.2, 0.25) is 11.8 Å². The van der Waals surface area contributed by atoms with E-state index in [1.807, 2.05) is 38.3 Å². The first-order valence-electron chi connectivity index (χ1n) is 10.6. The topological polar surface area (TPSA) is 93.2 Å². The van der Waals surface area contributed by atoms with Crippen LogP contribution in [0.15, 0.2) is 48.1 Å². The number of ether oxygens (including phenoxy) is 1. The number of hydrogen-bond donors (Lipinski definition) is 2. The van der Waals surface area contributed by atoms with Gasteiger partial charge in [0, 0.05) is 16.6 Å². The predicted molar refractivity (Wildman–Crippen MR) is 131 cm³/mol. The molecule has 4 rings (SSSR count). The summed E-state index contributed by atoms with van der Waals surface area (Å²) in [5.74, 6) is -0.873. The van der Waals surface area contributed by atoms with Crippen molar-refractivity contribution in [3.05, 3.63) is 70.6 Å². The Bertz CT molecular complexity index is 1350. The van der Waals surface area contributed by atoms with Gasteiger partial charge in [-0.1, -0.05) is 29.8 Å². The van der Waals surface area contributed by atoms with Gasteiger partial charge in [0.25, 0.3) is 5.91 Å². The zero-order valence-electron chi connectivity index (χ0n) is 18.9. The molecule has 7 nitrogen and oxygen atoms in total. The summed E-state index contributed by atoms with van der Waals surface area (Å²) >= 11 is 1.40. The van der Waals surface area contributed by atoms with E-state index in [0.29, 0.717) is 10.2 Å². The summed E-state index contributed by atoms with van der Waals surface area (Å²) < 4.78 is 19.0. The monoisotopic (exact) mass is 478 g/mol. The average Bonchev–Trinajstić information content (AvgIpc) is 3.24. The number of halogens is 1. The van der Waals surface area contributed by atoms with Crippen molar-refractivity contribution in [1.29, 1.82) is 0 Å². The number of benzene rings is 2. The summed E-state index contributed by atoms with van der Waals surface area (Å²) in [5, 5.41) is 7.94. The molecule has 2 aromatic heterocycles. The Balaban J connectivity index is 1.39. The first-order chi connectivity index (χ1) is 16.3. The van der Waals surface area contributed by atoms with E-state index in [1.165, 1.54) is 29.8 Å². The van der Waals surface area contributed by atoms with Crippen LogP contribution in [0, 0.1) is 26.6 Å². The van der Waals surface area contributed by atoms with Gasteiger partial charge in [-0.25, -0.2) is 14.4 Å². The summed E-state index contributed by atoms with van der Waals surface area (Å²) in [6.45, 7) is 5.34. The third kappa shape index (κ3) is 5.20. The average molecular weight is 479 g/mol. The molecule has 0 unspecified atom stereocenters. The Hall–Kier alpha value is -3.85. The lowest BCUT2D eigenvalue weighted by Crippen LogP contribution is -2.36. The van der Waals surface area contributed by atoms with E-state index in [4.69, 9.17) is 4.74 Å². The first kappa shape index (κ1) is 23.3. The molecule has 2 amide bonds. The van der Waals surface area contributed by atoms with Gasteiger partial charge in [-0.2, -0.15) is 0 Å². The van der Waals surface area contributed by atoms with Gasteiger partial charge in [-0.05, 0) is 49.6 Å². The summed E-state index contributed by atoms with van der Waals surface area (Å²) in [4.78, 5) is 33.8. The Morgan fingerprint density at radius 1 is 1.03 bits per heavy atom. The molecule has 0 spiro atoms. The van der Waals surface area contributed by atoms with E-state index >= 15 is 0 Å². The van der Waals surface area contributed by atoms with E-state index in [0.717, 1.165) is 33.5 Å². The molecular formula is C25H23FN4O3S. The van der Waals surface area contributed by atoms with Crippen LogP contribution in [0.1, 0.15) is 16.7 Å². The van der Waals surface area contributed by atoms with Gasteiger partial charge in [-0.3, -0.25) is 9.59 Å². The van der Waals surface area contributed by atoms with Crippen molar-refractivity contribution >= 4 is 39.1 Å². The van der Waals surface area contributed by atoms with Crippen LogP contribution < -0.4 is 15.4 Å². The van der Waals surface area contributed by atoms with Gasteiger partial charge >= 0.3 is 0 Å². The molecule has 34 heavy (non-hydrogen) atoms. The van der Waals surface area contributed by atoms with Crippen LogP contribution in [0.3, 0.4) is 0 Å². The number of aryl methyl sites for hydroxylation is 3. The van der Waals surface area contributed by atoms with Crippen molar-refractivity contribution in [3.8, 4) is 17.0 Å². The van der Waals surface area contributed by atoms with E-state index in [1.54, 1.807) is 12.1 Å². The minimum atomic E-state index is -0.460. The Morgan fingerprint density at radius 3 is 2.44 bits per heavy atom. The molecule has 4 aromatic rings. The van der Waals surface area contributed by atoms with Crippen LogP contribution in [-0.4, -0.2) is 34.9 Å². The highest BCUT2D eigenvalue weighted by Crippen LogP contribution is 2.37. The quantitative estimate of drug-likeness (QED) is 0.406. The van der Waals surface area contributed by atoms with Gasteiger partial charge in [-0.15, -0.1) is 11.3 Å². The lowest BCUT2D eigenvalue weighted by molar-refractivity contribution is -0.125. The third-order valence-corrected chi connectivity index (χ3v) is 6.10. The number of nitrogens with zero attached hydrogens (tertiary/aromatic N) is 2. The molecule has 0 aliphatic rings. The second-order valence-electron chi connectivity index (χ2n) is 7.90. The number of anilines is 1. The fraction of sp³-hybridized carbons (Fsp3) is 0.200. The molecule has 0 bridgehead atoms. The maximum atomic E-state index is 13.3. The zero-order valence-corrected chi connectivity index (χ0v) is 19.8. The third-order valence-electron chi connectivity index (χ3n) is 5.22. The van der Waals surface area contributed by atoms with E-state index in [2.05, 4.69) is 20.6 Å². The number of carbonyl (C=O) groups is 2. The van der Waals surface area contributed by atoms with Crippen LogP contribution in [0.4, 0.5) is 10.1 Å².